The molecule has 1 N–H and O–H groups in total. The Morgan fingerprint density at radius 1 is 1.08 bits per heavy atom. The maximum atomic E-state index is 13.0. The van der Waals surface area contributed by atoms with Gasteiger partial charge in [0.2, 0.25) is 5.91 Å². The highest BCUT2D eigenvalue weighted by Gasteiger charge is 2.27. The molecule has 0 aliphatic carbocycles. The van der Waals surface area contributed by atoms with Crippen molar-refractivity contribution in [1.82, 2.24) is 4.90 Å². The molecule has 1 atom stereocenters. The van der Waals surface area contributed by atoms with Crippen LogP contribution in [0.25, 0.3) is 0 Å². The van der Waals surface area contributed by atoms with Crippen molar-refractivity contribution in [2.75, 3.05) is 19.8 Å². The minimum atomic E-state index is -1.01. The lowest BCUT2D eigenvalue weighted by molar-refractivity contribution is -0.132. The zero-order valence-corrected chi connectivity index (χ0v) is 14.6. The number of ether oxygens (including phenoxy) is 1. The summed E-state index contributed by atoms with van der Waals surface area (Å²) in [6.45, 7) is 1.80. The summed E-state index contributed by atoms with van der Waals surface area (Å²) in [5.41, 5.74) is 1.91. The van der Waals surface area contributed by atoms with E-state index >= 15 is 0 Å². The van der Waals surface area contributed by atoms with E-state index in [2.05, 4.69) is 0 Å². The van der Waals surface area contributed by atoms with Gasteiger partial charge in [0.15, 0.2) is 0 Å². The van der Waals surface area contributed by atoms with Gasteiger partial charge in [-0.1, -0.05) is 48.5 Å². The molecular weight excluding hydrogens is 330 g/mol. The van der Waals surface area contributed by atoms with Gasteiger partial charge >= 0.3 is 5.97 Å². The minimum absolute atomic E-state index is 0.0508. The number of carbonyl (C=O) groups is 2. The lowest BCUT2D eigenvalue weighted by Crippen LogP contribution is -2.43. The van der Waals surface area contributed by atoms with Crippen LogP contribution in [0.3, 0.4) is 0 Å². The van der Waals surface area contributed by atoms with E-state index in [0.29, 0.717) is 25.3 Å². The van der Waals surface area contributed by atoms with Crippen LogP contribution in [0, 0.1) is 0 Å². The zero-order chi connectivity index (χ0) is 18.4. The molecule has 136 valence electrons. The predicted molar refractivity (Wildman–Crippen MR) is 98.2 cm³/mol. The summed E-state index contributed by atoms with van der Waals surface area (Å²) in [4.78, 5) is 26.2. The average Bonchev–Trinajstić information content (AvgIpc) is 3.17. The van der Waals surface area contributed by atoms with Crippen molar-refractivity contribution in [3.63, 3.8) is 0 Å². The van der Waals surface area contributed by atoms with Crippen LogP contribution in [-0.4, -0.2) is 47.7 Å². The lowest BCUT2D eigenvalue weighted by atomic mass is 10.0. The summed E-state index contributed by atoms with van der Waals surface area (Å²) < 4.78 is 5.46. The number of carboxylic acids is 1. The quantitative estimate of drug-likeness (QED) is 0.831. The van der Waals surface area contributed by atoms with Gasteiger partial charge in [-0.25, -0.2) is 4.79 Å². The molecule has 1 aliphatic rings. The Morgan fingerprint density at radius 3 is 2.50 bits per heavy atom. The topological polar surface area (TPSA) is 66.8 Å². The van der Waals surface area contributed by atoms with Crippen LogP contribution in [0.15, 0.2) is 54.6 Å². The van der Waals surface area contributed by atoms with E-state index in [1.165, 1.54) is 11.6 Å². The van der Waals surface area contributed by atoms with Gasteiger partial charge in [-0.05, 0) is 30.0 Å². The molecule has 1 fully saturated rings. The van der Waals surface area contributed by atoms with Gasteiger partial charge in [0.25, 0.3) is 0 Å². The number of carboxylic acid groups (broad SMARTS) is 1. The maximum absolute atomic E-state index is 13.0. The van der Waals surface area contributed by atoms with E-state index in [1.807, 2.05) is 35.2 Å². The molecule has 2 aromatic rings. The Morgan fingerprint density at radius 2 is 1.81 bits per heavy atom. The molecule has 1 saturated heterocycles. The third-order valence-electron chi connectivity index (χ3n) is 4.74. The molecule has 2 aromatic carbocycles. The highest BCUT2D eigenvalue weighted by Crippen LogP contribution is 2.17. The Labute approximate surface area is 153 Å². The van der Waals surface area contributed by atoms with Gasteiger partial charge in [0.1, 0.15) is 0 Å². The van der Waals surface area contributed by atoms with Crippen LogP contribution >= 0.6 is 0 Å². The second kappa shape index (κ2) is 8.63. The largest absolute Gasteiger partial charge is 0.478 e. The van der Waals surface area contributed by atoms with E-state index in [0.717, 1.165) is 12.8 Å². The van der Waals surface area contributed by atoms with Gasteiger partial charge in [-0.3, -0.25) is 4.79 Å². The first kappa shape index (κ1) is 18.1. The van der Waals surface area contributed by atoms with Crippen molar-refractivity contribution in [3.8, 4) is 0 Å². The molecule has 1 heterocycles. The summed E-state index contributed by atoms with van der Waals surface area (Å²) in [6, 6.07) is 16.8. The normalized spacial score (nSPS) is 16.4. The highest BCUT2D eigenvalue weighted by atomic mass is 16.5. The van der Waals surface area contributed by atoms with Crippen LogP contribution in [0.5, 0.6) is 0 Å². The summed E-state index contributed by atoms with van der Waals surface area (Å²) in [6.07, 6.45) is 1.68. The fourth-order valence-corrected chi connectivity index (χ4v) is 3.32. The van der Waals surface area contributed by atoms with Gasteiger partial charge in [-0.15, -0.1) is 0 Å². The number of hydrogen-bond donors (Lipinski definition) is 1. The number of carbonyl (C=O) groups excluding carboxylic acids is 1. The second-order valence-corrected chi connectivity index (χ2v) is 6.48. The van der Waals surface area contributed by atoms with E-state index in [9.17, 15) is 14.7 Å². The minimum Gasteiger partial charge on any atom is -0.478 e. The predicted octanol–water partition coefficient (Wildman–Crippen LogP) is 2.79. The zero-order valence-electron chi connectivity index (χ0n) is 14.6. The van der Waals surface area contributed by atoms with Crippen LogP contribution in [-0.2, 0) is 22.4 Å². The molecule has 1 aliphatic heterocycles. The Bertz CT molecular complexity index is 754. The van der Waals surface area contributed by atoms with E-state index in [-0.39, 0.29) is 23.9 Å². The van der Waals surface area contributed by atoms with Crippen LogP contribution < -0.4 is 0 Å². The molecule has 0 aromatic heterocycles. The number of nitrogens with zero attached hydrogens (tertiary/aromatic N) is 1. The first-order valence-corrected chi connectivity index (χ1v) is 8.87. The highest BCUT2D eigenvalue weighted by molar-refractivity contribution is 5.91. The van der Waals surface area contributed by atoms with Gasteiger partial charge in [0.05, 0.1) is 24.6 Å². The van der Waals surface area contributed by atoms with Crippen molar-refractivity contribution >= 4 is 11.9 Å². The smallest absolute Gasteiger partial charge is 0.335 e. The average molecular weight is 353 g/mol. The Hall–Kier alpha value is -2.66. The molecule has 1 unspecified atom stereocenters. The molecular formula is C21H23NO4. The maximum Gasteiger partial charge on any atom is 0.335 e. The van der Waals surface area contributed by atoms with Crippen LogP contribution in [0.2, 0.25) is 0 Å². The number of hydrogen-bond acceptors (Lipinski definition) is 3. The van der Waals surface area contributed by atoms with Gasteiger partial charge in [-0.2, -0.15) is 0 Å². The van der Waals surface area contributed by atoms with Crippen molar-refractivity contribution in [3.05, 3.63) is 71.3 Å². The molecule has 0 spiro atoms. The summed E-state index contributed by atoms with van der Waals surface area (Å²) in [7, 11) is 0. The van der Waals surface area contributed by atoms with Crippen molar-refractivity contribution in [2.45, 2.75) is 25.3 Å². The van der Waals surface area contributed by atoms with Crippen LogP contribution in [0.1, 0.15) is 27.9 Å². The van der Waals surface area contributed by atoms with Crippen molar-refractivity contribution in [2.24, 2.45) is 0 Å². The standard InChI is InChI=1S/C21H23NO4/c23-20(14-17-8-4-5-9-19(17)21(24)25)22(18-11-13-26-15-18)12-10-16-6-2-1-3-7-16/h1-9,18H,10-15H2,(H,24,25). The van der Waals surface area contributed by atoms with Gasteiger partial charge in [0, 0.05) is 13.2 Å². The Balaban J connectivity index is 1.73. The first-order valence-electron chi connectivity index (χ1n) is 8.87. The third kappa shape index (κ3) is 4.49. The molecule has 5 heteroatoms. The fourth-order valence-electron chi connectivity index (χ4n) is 3.32. The summed E-state index contributed by atoms with van der Waals surface area (Å²) in [5.74, 6) is -1.06. The van der Waals surface area contributed by atoms with Crippen molar-refractivity contribution in [1.29, 1.82) is 0 Å². The molecule has 1 amide bonds. The molecule has 3 rings (SSSR count). The van der Waals surface area contributed by atoms with Crippen molar-refractivity contribution < 1.29 is 19.4 Å². The molecule has 0 saturated carbocycles. The monoisotopic (exact) mass is 353 g/mol. The van der Waals surface area contributed by atoms with E-state index in [1.54, 1.807) is 18.2 Å². The second-order valence-electron chi connectivity index (χ2n) is 6.48. The number of rotatable bonds is 7. The molecule has 0 bridgehead atoms. The number of aromatic carboxylic acids is 1. The first-order chi connectivity index (χ1) is 12.6. The number of amides is 1. The summed E-state index contributed by atoms with van der Waals surface area (Å²) >= 11 is 0. The number of benzene rings is 2. The summed E-state index contributed by atoms with van der Waals surface area (Å²) in [5, 5.41) is 9.34. The van der Waals surface area contributed by atoms with E-state index in [4.69, 9.17) is 4.74 Å². The van der Waals surface area contributed by atoms with Gasteiger partial charge < -0.3 is 14.7 Å². The molecule has 0 radical (unpaired) electrons. The molecule has 26 heavy (non-hydrogen) atoms. The van der Waals surface area contributed by atoms with Crippen LogP contribution in [0.4, 0.5) is 0 Å². The third-order valence-corrected chi connectivity index (χ3v) is 4.74. The fraction of sp³-hybridized carbons (Fsp3) is 0.333. The Kier molecular flexibility index (Phi) is 6.02. The SMILES string of the molecule is O=C(O)c1ccccc1CC(=O)N(CCc1ccccc1)C1CCOC1. The lowest BCUT2D eigenvalue weighted by Gasteiger charge is -2.28. The molecule has 5 nitrogen and oxygen atoms in total. The van der Waals surface area contributed by atoms with E-state index < -0.39 is 5.97 Å².